The van der Waals surface area contributed by atoms with E-state index >= 15 is 0 Å². The first kappa shape index (κ1) is 54.7. The number of nitrogens with zero attached hydrogens (tertiary/aromatic N) is 9. The topological polar surface area (TPSA) is 190 Å². The number of rotatable bonds is 13. The molecule has 12 rings (SSSR count). The minimum absolute atomic E-state index is 0.0977. The standard InChI is InChI=1S/C61H70BrN12O6P/c1-69-37-41(35-64-69)46-33-50(66-60-63-36-48(62)56(68-60)65-49-14-11-40(31-54(49)81(3,4)79)39-9-6-5-7-10-39)53(80-2)34-52(46)72-27-19-42(20-28-72)70-25-17-43(18-26-70)71-29-22-61(23-30-71)21-8-24-73(38-61)44-12-13-45-47(32-44)59(78)74(58(45)77)51-15-16-55(75)67-57(51)76/h5-7,9-14,31-37,42-43,51H,8,15-30,38H2,1-4H3,(H,67,75,76)(H2,63,65,66,68). The second-order valence-electron chi connectivity index (χ2n) is 23.3. The van der Waals surface area contributed by atoms with Crippen molar-refractivity contribution in [2.75, 3.05) is 93.2 Å². The summed E-state index contributed by atoms with van der Waals surface area (Å²) in [6, 6.07) is 26.0. The van der Waals surface area contributed by atoms with Crippen LogP contribution in [0.3, 0.4) is 0 Å². The highest BCUT2D eigenvalue weighted by atomic mass is 79.9. The zero-order valence-electron chi connectivity index (χ0n) is 46.5. The Kier molecular flexibility index (Phi) is 15.1. The third-order valence-corrected chi connectivity index (χ3v) is 20.0. The Labute approximate surface area is 481 Å². The third kappa shape index (κ3) is 11.1. The highest BCUT2D eigenvalue weighted by Crippen LogP contribution is 2.46. The van der Waals surface area contributed by atoms with Crippen LogP contribution >= 0.6 is 23.1 Å². The van der Waals surface area contributed by atoms with Gasteiger partial charge in [-0.05, 0) is 166 Å². The van der Waals surface area contributed by atoms with Crippen LogP contribution in [-0.2, 0) is 21.2 Å². The SMILES string of the molecule is COc1cc(N2CCC(N3CCC(N4CCC5(CCCN(c6ccc7c(c6)C(=O)N(C6CCC(=O)NC6=O)C7=O)C5)CC4)CC3)CC2)c(-c2cnn(C)c2)cc1Nc1ncc(Br)c(Nc2ccc(-c3ccccc3)cc2P(C)(C)=O)n1. The molecule has 5 fully saturated rings. The molecule has 3 N–H and O–H groups in total. The molecular weight excluding hydrogens is 1110 g/mol. The van der Waals surface area contributed by atoms with E-state index in [9.17, 15) is 23.7 Å². The van der Waals surface area contributed by atoms with Gasteiger partial charge in [0.25, 0.3) is 11.8 Å². The molecule has 1 unspecified atom stereocenters. The van der Waals surface area contributed by atoms with Crippen molar-refractivity contribution in [3.05, 3.63) is 113 Å². The Morgan fingerprint density at radius 3 is 2.15 bits per heavy atom. The van der Waals surface area contributed by atoms with Crippen LogP contribution in [0.5, 0.6) is 5.75 Å². The molecule has 6 aromatic rings. The van der Waals surface area contributed by atoms with Gasteiger partial charge in [0.2, 0.25) is 17.8 Å². The van der Waals surface area contributed by atoms with Gasteiger partial charge in [-0.3, -0.25) is 34.1 Å². The lowest BCUT2D eigenvalue weighted by atomic mass is 9.72. The van der Waals surface area contributed by atoms with Gasteiger partial charge in [-0.2, -0.15) is 10.1 Å². The summed E-state index contributed by atoms with van der Waals surface area (Å²) in [5.41, 5.74) is 8.41. The van der Waals surface area contributed by atoms with Crippen LogP contribution < -0.4 is 35.8 Å². The number of carbonyl (C=O) groups is 4. The minimum Gasteiger partial charge on any atom is -0.494 e. The molecule has 422 valence electrons. The fourth-order valence-electron chi connectivity index (χ4n) is 13.5. The summed E-state index contributed by atoms with van der Waals surface area (Å²) in [7, 11) is 0.912. The zero-order valence-corrected chi connectivity index (χ0v) is 49.0. The number of aryl methyl sites for hydroxylation is 1. The van der Waals surface area contributed by atoms with E-state index < -0.39 is 30.9 Å². The van der Waals surface area contributed by atoms with Gasteiger partial charge >= 0.3 is 0 Å². The number of fused-ring (bicyclic) bond motifs is 1. The highest BCUT2D eigenvalue weighted by Gasteiger charge is 2.46. The number of anilines is 6. The Balaban J connectivity index is 0.663. The molecule has 4 aromatic carbocycles. The number of hydrogen-bond donors (Lipinski definition) is 3. The Hall–Kier alpha value is -6.92. The van der Waals surface area contributed by atoms with E-state index in [0.29, 0.717) is 56.6 Å². The van der Waals surface area contributed by atoms with Gasteiger partial charge in [0, 0.05) is 98.0 Å². The number of aromatic nitrogens is 4. The summed E-state index contributed by atoms with van der Waals surface area (Å²) >= 11 is 3.66. The number of piperidine rings is 5. The summed E-state index contributed by atoms with van der Waals surface area (Å²) in [4.78, 5) is 72.5. The molecule has 18 nitrogen and oxygen atoms in total. The molecule has 1 atom stereocenters. The molecule has 2 aromatic heterocycles. The Bertz CT molecular complexity index is 3460. The average Bonchev–Trinajstić information content (AvgIpc) is 4.16. The maximum absolute atomic E-state index is 13.7. The number of imide groups is 2. The van der Waals surface area contributed by atoms with Gasteiger partial charge in [0.15, 0.2) is 0 Å². The van der Waals surface area contributed by atoms with Gasteiger partial charge in [-0.25, -0.2) is 4.98 Å². The van der Waals surface area contributed by atoms with Crippen LogP contribution in [0, 0.1) is 5.41 Å². The number of nitrogens with one attached hydrogen (secondary N) is 3. The lowest BCUT2D eigenvalue weighted by Crippen LogP contribution is -2.55. The smallest absolute Gasteiger partial charge is 0.262 e. The predicted octanol–water partition coefficient (Wildman–Crippen LogP) is 9.27. The van der Waals surface area contributed by atoms with Gasteiger partial charge in [0.05, 0.1) is 40.3 Å². The number of halogens is 1. The summed E-state index contributed by atoms with van der Waals surface area (Å²) in [5.74, 6) is -0.343. The van der Waals surface area contributed by atoms with E-state index in [2.05, 4.69) is 85.8 Å². The minimum atomic E-state index is -2.71. The second-order valence-corrected chi connectivity index (χ2v) is 27.3. The molecule has 1 spiro atoms. The van der Waals surface area contributed by atoms with Crippen molar-refractivity contribution in [3.63, 3.8) is 0 Å². The van der Waals surface area contributed by atoms with Crippen molar-refractivity contribution >= 4 is 86.5 Å². The van der Waals surface area contributed by atoms with E-state index in [4.69, 9.17) is 9.72 Å². The summed E-state index contributed by atoms with van der Waals surface area (Å²) in [5, 5.41) is 14.5. The van der Waals surface area contributed by atoms with E-state index in [0.717, 1.165) is 128 Å². The zero-order chi connectivity index (χ0) is 56.2. The molecule has 6 aliphatic rings. The van der Waals surface area contributed by atoms with Crippen LogP contribution in [0.4, 0.5) is 34.5 Å². The van der Waals surface area contributed by atoms with Gasteiger partial charge in [-0.1, -0.05) is 36.4 Å². The van der Waals surface area contributed by atoms with Crippen molar-refractivity contribution in [3.8, 4) is 28.0 Å². The molecule has 0 bridgehead atoms. The fraction of sp³-hybridized carbons (Fsp3) is 0.426. The summed E-state index contributed by atoms with van der Waals surface area (Å²) < 4.78 is 22.3. The number of carbonyl (C=O) groups excluding carboxylic acids is 4. The van der Waals surface area contributed by atoms with Crippen molar-refractivity contribution < 1.29 is 28.5 Å². The number of likely N-dealkylation sites (tertiary alicyclic amines) is 2. The predicted molar refractivity (Wildman–Crippen MR) is 320 cm³/mol. The molecule has 5 saturated heterocycles. The number of amides is 4. The summed E-state index contributed by atoms with van der Waals surface area (Å²) in [6.07, 6.45) is 14.9. The lowest BCUT2D eigenvalue weighted by Gasteiger charge is -2.51. The molecular formula is C61H70BrN12O6P. The van der Waals surface area contributed by atoms with Crippen LogP contribution in [-0.4, -0.2) is 149 Å². The Morgan fingerprint density at radius 2 is 1.44 bits per heavy atom. The first-order valence-corrected chi connectivity index (χ1v) is 31.9. The van der Waals surface area contributed by atoms with Gasteiger partial charge in [0.1, 0.15) is 24.8 Å². The monoisotopic (exact) mass is 1180 g/mol. The molecule has 20 heteroatoms. The molecule has 0 saturated carbocycles. The van der Waals surface area contributed by atoms with Crippen LogP contribution in [0.25, 0.3) is 22.3 Å². The molecule has 8 heterocycles. The average molecular weight is 1180 g/mol. The van der Waals surface area contributed by atoms with Gasteiger partial charge in [-0.15, -0.1) is 0 Å². The molecule has 0 aliphatic carbocycles. The van der Waals surface area contributed by atoms with E-state index in [1.807, 2.05) is 72.7 Å². The molecule has 6 aliphatic heterocycles. The van der Waals surface area contributed by atoms with Gasteiger partial charge < -0.3 is 39.5 Å². The third-order valence-electron chi connectivity index (χ3n) is 17.9. The fourth-order valence-corrected chi connectivity index (χ4v) is 14.9. The van der Waals surface area contributed by atoms with Crippen molar-refractivity contribution in [1.29, 1.82) is 0 Å². The normalized spacial score (nSPS) is 20.5. The molecule has 4 amide bonds. The highest BCUT2D eigenvalue weighted by molar-refractivity contribution is 9.10. The van der Waals surface area contributed by atoms with Crippen LogP contribution in [0.1, 0.15) is 84.9 Å². The number of benzene rings is 4. The van der Waals surface area contributed by atoms with Crippen LogP contribution in [0.15, 0.2) is 102 Å². The van der Waals surface area contributed by atoms with Crippen molar-refractivity contribution in [2.24, 2.45) is 12.5 Å². The molecule has 81 heavy (non-hydrogen) atoms. The van der Waals surface area contributed by atoms with E-state index in [-0.39, 0.29) is 24.2 Å². The quantitative estimate of drug-likeness (QED) is 0.0732. The molecule has 0 radical (unpaired) electrons. The Morgan fingerprint density at radius 1 is 0.716 bits per heavy atom. The first-order valence-electron chi connectivity index (χ1n) is 28.5. The summed E-state index contributed by atoms with van der Waals surface area (Å²) in [6.45, 7) is 11.6. The van der Waals surface area contributed by atoms with E-state index in [1.165, 1.54) is 19.3 Å². The number of hydrogen-bond acceptors (Lipinski definition) is 15. The number of methoxy groups -OCH3 is 1. The van der Waals surface area contributed by atoms with Crippen molar-refractivity contribution in [2.45, 2.75) is 82.3 Å². The largest absolute Gasteiger partial charge is 0.494 e. The van der Waals surface area contributed by atoms with Crippen molar-refractivity contribution in [1.82, 2.24) is 39.8 Å². The van der Waals surface area contributed by atoms with Crippen LogP contribution in [0.2, 0.25) is 0 Å². The van der Waals surface area contributed by atoms with E-state index in [1.54, 1.807) is 32.7 Å². The maximum atomic E-state index is 13.7. The second kappa shape index (κ2) is 22.4. The maximum Gasteiger partial charge on any atom is 0.262 e. The number of ether oxygens (including phenoxy) is 1. The first-order chi connectivity index (χ1) is 39.1. The lowest BCUT2D eigenvalue weighted by molar-refractivity contribution is -0.136.